The number of rotatable bonds is 4. The normalized spacial score (nSPS) is 15.3. The van der Waals surface area contributed by atoms with Gasteiger partial charge in [0.05, 0.1) is 5.69 Å². The van der Waals surface area contributed by atoms with Crippen LogP contribution < -0.4 is 0 Å². The summed E-state index contributed by atoms with van der Waals surface area (Å²) in [7, 11) is 0. The van der Waals surface area contributed by atoms with Gasteiger partial charge in [0.25, 0.3) is 0 Å². The van der Waals surface area contributed by atoms with Crippen LogP contribution >= 0.6 is 0 Å². The molecule has 0 radical (unpaired) electrons. The Balaban J connectivity index is 0.000000171. The lowest BCUT2D eigenvalue weighted by molar-refractivity contribution is 0.731. The first kappa shape index (κ1) is 22.5. The Labute approximate surface area is 183 Å². The minimum absolute atomic E-state index is 0.604. The van der Waals surface area contributed by atoms with Crippen molar-refractivity contribution in [2.75, 3.05) is 0 Å². The molecule has 4 rings (SSSR count). The predicted octanol–water partition coefficient (Wildman–Crippen LogP) is 7.41. The second-order valence-corrected chi connectivity index (χ2v) is 9.88. The number of hydrogen-bond donors (Lipinski definition) is 0. The van der Waals surface area contributed by atoms with Crippen molar-refractivity contribution in [3.05, 3.63) is 70.3 Å². The van der Waals surface area contributed by atoms with Crippen LogP contribution in [0.1, 0.15) is 77.8 Å². The largest absolute Gasteiger partial charge is 0.264 e. The maximum absolute atomic E-state index is 4.48. The fourth-order valence-electron chi connectivity index (χ4n) is 4.97. The molecule has 0 atom stereocenters. The van der Waals surface area contributed by atoms with Gasteiger partial charge in [-0.25, -0.2) is 0 Å². The average molecular weight is 403 g/mol. The van der Waals surface area contributed by atoms with E-state index in [1.165, 1.54) is 28.0 Å². The summed E-state index contributed by atoms with van der Waals surface area (Å²) in [5.74, 6) is 2.50. The molecule has 2 heterocycles. The molecule has 30 heavy (non-hydrogen) atoms. The van der Waals surface area contributed by atoms with Crippen molar-refractivity contribution in [1.82, 2.24) is 9.97 Å². The summed E-state index contributed by atoms with van der Waals surface area (Å²) in [6, 6.07) is 6.43. The van der Waals surface area contributed by atoms with Crippen LogP contribution in [0.2, 0.25) is 0 Å². The summed E-state index contributed by atoms with van der Waals surface area (Å²) in [5, 5.41) is 0. The van der Waals surface area contributed by atoms with Gasteiger partial charge >= 0.3 is 0 Å². The van der Waals surface area contributed by atoms with Crippen molar-refractivity contribution in [3.8, 4) is 0 Å². The summed E-state index contributed by atoms with van der Waals surface area (Å²) in [6.45, 7) is 18.3. The number of hydrogen-bond acceptors (Lipinski definition) is 2. The maximum Gasteiger partial charge on any atom is 0.0519 e. The van der Waals surface area contributed by atoms with E-state index < -0.39 is 0 Å². The van der Waals surface area contributed by atoms with Crippen molar-refractivity contribution in [2.24, 2.45) is 23.7 Å². The number of nitrogens with zero attached hydrogens (tertiary/aromatic N) is 2. The van der Waals surface area contributed by atoms with Gasteiger partial charge in [0.2, 0.25) is 0 Å². The molecule has 2 nitrogen and oxygen atoms in total. The molecule has 0 spiro atoms. The third-order valence-corrected chi connectivity index (χ3v) is 6.35. The molecule has 2 heteroatoms. The minimum atomic E-state index is 0.604. The van der Waals surface area contributed by atoms with Gasteiger partial charge in [0.15, 0.2) is 0 Å². The molecule has 2 aliphatic carbocycles. The topological polar surface area (TPSA) is 25.8 Å². The Bertz CT molecular complexity index is 879. The number of allylic oxidation sites excluding steroid dienone is 4. The van der Waals surface area contributed by atoms with Crippen LogP contribution in [0, 0.1) is 23.7 Å². The number of fused-ring (bicyclic) bond motifs is 2. The third-order valence-electron chi connectivity index (χ3n) is 6.35. The van der Waals surface area contributed by atoms with Gasteiger partial charge in [-0.15, -0.1) is 0 Å². The second kappa shape index (κ2) is 9.29. The molecule has 0 saturated heterocycles. The third kappa shape index (κ3) is 4.43. The Morgan fingerprint density at radius 3 is 1.87 bits per heavy atom. The fraction of sp³-hybridized carbons (Fsp3) is 0.500. The molecule has 0 amide bonds. The van der Waals surface area contributed by atoms with Crippen molar-refractivity contribution in [3.63, 3.8) is 0 Å². The highest BCUT2D eigenvalue weighted by atomic mass is 14.7. The number of aromatic nitrogens is 2. The quantitative estimate of drug-likeness (QED) is 0.532. The van der Waals surface area contributed by atoms with Gasteiger partial charge in [-0.2, -0.15) is 0 Å². The highest BCUT2D eigenvalue weighted by Gasteiger charge is 2.26. The van der Waals surface area contributed by atoms with Crippen molar-refractivity contribution in [2.45, 2.75) is 68.2 Å². The molecule has 2 aromatic heterocycles. The van der Waals surface area contributed by atoms with Crippen LogP contribution in [0.5, 0.6) is 0 Å². The first-order valence-electron chi connectivity index (χ1n) is 11.6. The van der Waals surface area contributed by atoms with Crippen molar-refractivity contribution in [1.29, 1.82) is 0 Å². The summed E-state index contributed by atoms with van der Waals surface area (Å²) in [6.07, 6.45) is 7.99. The Hall–Kier alpha value is -2.22. The van der Waals surface area contributed by atoms with Gasteiger partial charge in [0, 0.05) is 25.0 Å². The molecule has 0 unspecified atom stereocenters. The lowest BCUT2D eigenvalue weighted by Crippen LogP contribution is -1.99. The lowest BCUT2D eigenvalue weighted by atomic mass is 9.91. The molecule has 0 fully saturated rings. The van der Waals surface area contributed by atoms with Gasteiger partial charge in [-0.3, -0.25) is 9.97 Å². The SMILES string of the molecule is CC(C)C1=C(C(C)C)c2cccnc2C1.CC(C)C1=C(C(C)C)c2ccncc2C1. The van der Waals surface area contributed by atoms with E-state index in [4.69, 9.17) is 0 Å². The average Bonchev–Trinajstić information content (AvgIpc) is 3.27. The highest BCUT2D eigenvalue weighted by molar-refractivity contribution is 5.77. The van der Waals surface area contributed by atoms with Crippen molar-refractivity contribution < 1.29 is 0 Å². The van der Waals surface area contributed by atoms with E-state index in [-0.39, 0.29) is 0 Å². The lowest BCUT2D eigenvalue weighted by Gasteiger charge is -2.14. The van der Waals surface area contributed by atoms with E-state index in [0.29, 0.717) is 23.7 Å². The Morgan fingerprint density at radius 2 is 1.27 bits per heavy atom. The Morgan fingerprint density at radius 1 is 0.667 bits per heavy atom. The summed E-state index contributed by atoms with van der Waals surface area (Å²) in [4.78, 5) is 8.70. The summed E-state index contributed by atoms with van der Waals surface area (Å²) >= 11 is 0. The van der Waals surface area contributed by atoms with Crippen LogP contribution in [0.15, 0.2) is 47.9 Å². The minimum Gasteiger partial charge on any atom is -0.264 e. The van der Waals surface area contributed by atoms with E-state index in [1.54, 1.807) is 16.7 Å². The zero-order valence-corrected chi connectivity index (χ0v) is 20.1. The van der Waals surface area contributed by atoms with Crippen LogP contribution in [0.4, 0.5) is 0 Å². The molecule has 0 aliphatic heterocycles. The summed E-state index contributed by atoms with van der Waals surface area (Å²) in [5.41, 5.74) is 11.8. The predicted molar refractivity (Wildman–Crippen MR) is 129 cm³/mol. The monoisotopic (exact) mass is 402 g/mol. The zero-order valence-electron chi connectivity index (χ0n) is 20.1. The molecule has 0 N–H and O–H groups in total. The molecule has 0 bridgehead atoms. The second-order valence-electron chi connectivity index (χ2n) is 9.88. The molecular weight excluding hydrogens is 364 g/mol. The first-order valence-corrected chi connectivity index (χ1v) is 11.6. The molecule has 0 aromatic carbocycles. The van der Waals surface area contributed by atoms with Crippen LogP contribution in [0.3, 0.4) is 0 Å². The molecule has 160 valence electrons. The van der Waals surface area contributed by atoms with Gasteiger partial charge in [-0.05, 0) is 70.1 Å². The smallest absolute Gasteiger partial charge is 0.0519 e. The standard InChI is InChI=1S/2C14H19N/c1-9(2)13-7-11-8-15-6-5-12(11)14(13)10(3)4;1-9(2)12-8-13-11(6-5-7-15-13)14(12)10(3)4/h5-6,8-10H,7H2,1-4H3;5-7,9-10H,8H2,1-4H3. The zero-order chi connectivity index (χ0) is 22.0. The molecular formula is C28H38N2. The van der Waals surface area contributed by atoms with E-state index in [0.717, 1.165) is 12.8 Å². The van der Waals surface area contributed by atoms with Gasteiger partial charge in [0.1, 0.15) is 0 Å². The van der Waals surface area contributed by atoms with Gasteiger partial charge < -0.3 is 0 Å². The molecule has 2 aliphatic rings. The van der Waals surface area contributed by atoms with E-state index in [2.05, 4.69) is 77.5 Å². The number of pyridine rings is 2. The summed E-state index contributed by atoms with van der Waals surface area (Å²) < 4.78 is 0. The fourth-order valence-corrected chi connectivity index (χ4v) is 4.97. The van der Waals surface area contributed by atoms with E-state index >= 15 is 0 Å². The molecule has 2 aromatic rings. The van der Waals surface area contributed by atoms with E-state index in [1.807, 2.05) is 24.7 Å². The van der Waals surface area contributed by atoms with E-state index in [9.17, 15) is 0 Å². The van der Waals surface area contributed by atoms with Crippen LogP contribution in [0.25, 0.3) is 11.1 Å². The maximum atomic E-state index is 4.48. The first-order chi connectivity index (χ1) is 14.2. The highest BCUT2D eigenvalue weighted by Crippen LogP contribution is 2.40. The Kier molecular flexibility index (Phi) is 6.95. The van der Waals surface area contributed by atoms with Crippen molar-refractivity contribution >= 4 is 11.1 Å². The van der Waals surface area contributed by atoms with Gasteiger partial charge in [-0.1, -0.05) is 72.6 Å². The van der Waals surface area contributed by atoms with Crippen LogP contribution in [-0.4, -0.2) is 9.97 Å². The molecule has 0 saturated carbocycles. The van der Waals surface area contributed by atoms with Crippen LogP contribution in [-0.2, 0) is 12.8 Å².